The minimum absolute atomic E-state index is 0.0868. The zero-order chi connectivity index (χ0) is 17.7. The largest absolute Gasteiger partial charge is 0.289 e. The summed E-state index contributed by atoms with van der Waals surface area (Å²) in [6.07, 6.45) is 0. The number of carbonyl (C=O) groups excluding carboxylic acids is 2. The maximum absolute atomic E-state index is 11.8. The van der Waals surface area contributed by atoms with Crippen LogP contribution in [0.2, 0.25) is 0 Å². The molecule has 0 bridgehead atoms. The summed E-state index contributed by atoms with van der Waals surface area (Å²) in [5.74, 6) is -0.174. The van der Waals surface area contributed by atoms with E-state index in [1.807, 2.05) is 0 Å². The maximum atomic E-state index is 11.8. The lowest BCUT2D eigenvalue weighted by molar-refractivity contribution is 0.102. The van der Waals surface area contributed by atoms with Crippen LogP contribution in [0.3, 0.4) is 0 Å². The second-order valence-corrected chi connectivity index (χ2v) is 5.51. The molecule has 120 valence electrons. The van der Waals surface area contributed by atoms with Crippen molar-refractivity contribution in [1.29, 1.82) is 0 Å². The highest BCUT2D eigenvalue weighted by atomic mass is 16.1. The Labute approximate surface area is 141 Å². The zero-order valence-corrected chi connectivity index (χ0v) is 13.7. The Bertz CT molecular complexity index is 757. The Hall–Kier alpha value is -3.14. The summed E-state index contributed by atoms with van der Waals surface area (Å²) >= 11 is 0. The predicted molar refractivity (Wildman–Crippen MR) is 95.3 cm³/mol. The van der Waals surface area contributed by atoms with Gasteiger partial charge < -0.3 is 0 Å². The van der Waals surface area contributed by atoms with Crippen LogP contribution in [0.5, 0.6) is 0 Å². The molecule has 0 N–H and O–H groups in total. The second kappa shape index (κ2) is 7.42. The van der Waals surface area contributed by atoms with E-state index in [9.17, 15) is 9.59 Å². The van der Waals surface area contributed by atoms with Gasteiger partial charge in [0.15, 0.2) is 11.6 Å². The molecule has 4 nitrogen and oxygen atoms in total. The number of azo groups is 1. The van der Waals surface area contributed by atoms with Gasteiger partial charge in [-0.1, -0.05) is 13.2 Å². The van der Waals surface area contributed by atoms with Gasteiger partial charge in [-0.25, -0.2) is 0 Å². The normalized spacial score (nSPS) is 10.6. The third kappa shape index (κ3) is 4.20. The van der Waals surface area contributed by atoms with Crippen LogP contribution in [0.15, 0.2) is 83.1 Å². The first-order valence-corrected chi connectivity index (χ1v) is 7.41. The van der Waals surface area contributed by atoms with Gasteiger partial charge in [-0.2, -0.15) is 10.2 Å². The molecule has 0 amide bonds. The molecule has 2 rings (SSSR count). The Kier molecular flexibility index (Phi) is 5.32. The molecule has 24 heavy (non-hydrogen) atoms. The van der Waals surface area contributed by atoms with Gasteiger partial charge in [-0.05, 0) is 73.5 Å². The van der Waals surface area contributed by atoms with Gasteiger partial charge in [0, 0.05) is 11.1 Å². The summed E-state index contributed by atoms with van der Waals surface area (Å²) in [5.41, 5.74) is 3.40. The van der Waals surface area contributed by atoms with Crippen molar-refractivity contribution in [3.63, 3.8) is 0 Å². The topological polar surface area (TPSA) is 58.9 Å². The zero-order valence-electron chi connectivity index (χ0n) is 13.7. The average molecular weight is 318 g/mol. The molecule has 0 spiro atoms. The lowest BCUT2D eigenvalue weighted by Gasteiger charge is -2.01. The summed E-state index contributed by atoms with van der Waals surface area (Å²) in [4.78, 5) is 23.6. The monoisotopic (exact) mass is 318 g/mol. The van der Waals surface area contributed by atoms with Gasteiger partial charge in [-0.15, -0.1) is 0 Å². The molecule has 0 aromatic heterocycles. The Morgan fingerprint density at radius 1 is 0.667 bits per heavy atom. The van der Waals surface area contributed by atoms with E-state index in [1.165, 1.54) is 0 Å². The second-order valence-electron chi connectivity index (χ2n) is 5.51. The van der Waals surface area contributed by atoms with Gasteiger partial charge >= 0.3 is 0 Å². The number of allylic oxidation sites excluding steroid dienone is 2. The highest BCUT2D eigenvalue weighted by molar-refractivity contribution is 6.08. The number of hydrogen-bond acceptors (Lipinski definition) is 4. The number of benzene rings is 2. The number of ketones is 2. The van der Waals surface area contributed by atoms with Crippen molar-refractivity contribution in [3.8, 4) is 0 Å². The summed E-state index contributed by atoms with van der Waals surface area (Å²) in [6.45, 7) is 10.6. The van der Waals surface area contributed by atoms with Crippen LogP contribution in [-0.2, 0) is 0 Å². The third-order valence-electron chi connectivity index (χ3n) is 3.32. The molecular formula is C20H18N2O2. The number of Topliss-reactive ketones (excluding diaryl/α,β-unsaturated/α-hetero) is 2. The van der Waals surface area contributed by atoms with Crippen LogP contribution >= 0.6 is 0 Å². The molecule has 0 saturated carbocycles. The number of nitrogens with zero attached hydrogens (tertiary/aromatic N) is 2. The molecule has 0 aliphatic carbocycles. The number of rotatable bonds is 6. The van der Waals surface area contributed by atoms with E-state index in [-0.39, 0.29) is 11.6 Å². The SMILES string of the molecule is C=C(C)C(=O)c1ccc(/N=N/c2ccc(C(=O)C(=C)C)cc2)cc1. The van der Waals surface area contributed by atoms with Crippen molar-refractivity contribution in [1.82, 2.24) is 0 Å². The molecule has 0 heterocycles. The Morgan fingerprint density at radius 3 is 1.21 bits per heavy atom. The summed E-state index contributed by atoms with van der Waals surface area (Å²) in [6, 6.07) is 13.7. The van der Waals surface area contributed by atoms with E-state index in [0.717, 1.165) is 0 Å². The summed E-state index contributed by atoms with van der Waals surface area (Å²) in [5, 5.41) is 8.24. The van der Waals surface area contributed by atoms with Crippen LogP contribution in [0.1, 0.15) is 34.6 Å². The van der Waals surface area contributed by atoms with Gasteiger partial charge in [-0.3, -0.25) is 9.59 Å². The van der Waals surface area contributed by atoms with Crippen molar-refractivity contribution < 1.29 is 9.59 Å². The first kappa shape index (κ1) is 17.2. The molecule has 4 heteroatoms. The molecule has 0 fully saturated rings. The van der Waals surface area contributed by atoms with Crippen molar-refractivity contribution in [2.24, 2.45) is 10.2 Å². The van der Waals surface area contributed by atoms with Gasteiger partial charge in [0.2, 0.25) is 0 Å². The van der Waals surface area contributed by atoms with Crippen molar-refractivity contribution >= 4 is 22.9 Å². The predicted octanol–water partition coefficient (Wildman–Crippen LogP) is 5.62. The minimum atomic E-state index is -0.0868. The molecule has 0 aliphatic rings. The van der Waals surface area contributed by atoms with Crippen LogP contribution in [0, 0.1) is 0 Å². The first-order chi connectivity index (χ1) is 11.4. The first-order valence-electron chi connectivity index (χ1n) is 7.41. The standard InChI is InChI=1S/C20H18N2O2/c1-13(2)19(23)15-5-9-17(10-6-15)21-22-18-11-7-16(8-12-18)20(24)14(3)4/h5-12H,1,3H2,2,4H3/b22-21+. The maximum Gasteiger partial charge on any atom is 0.188 e. The molecule has 2 aromatic rings. The molecule has 0 aliphatic heterocycles. The van der Waals surface area contributed by atoms with Gasteiger partial charge in [0.25, 0.3) is 0 Å². The Balaban J connectivity index is 2.11. The fourth-order valence-corrected chi connectivity index (χ4v) is 1.97. The van der Waals surface area contributed by atoms with Crippen LogP contribution in [0.25, 0.3) is 0 Å². The van der Waals surface area contributed by atoms with Crippen LogP contribution in [0.4, 0.5) is 11.4 Å². The minimum Gasteiger partial charge on any atom is -0.289 e. The van der Waals surface area contributed by atoms with Crippen LogP contribution in [-0.4, -0.2) is 11.6 Å². The van der Waals surface area contributed by atoms with E-state index < -0.39 is 0 Å². The fraction of sp³-hybridized carbons (Fsp3) is 0.100. The molecule has 0 saturated heterocycles. The lowest BCUT2D eigenvalue weighted by Crippen LogP contribution is -1.98. The van der Waals surface area contributed by atoms with Crippen LogP contribution < -0.4 is 0 Å². The van der Waals surface area contributed by atoms with Crippen molar-refractivity contribution in [2.45, 2.75) is 13.8 Å². The highest BCUT2D eigenvalue weighted by Gasteiger charge is 2.06. The molecule has 2 aromatic carbocycles. The van der Waals surface area contributed by atoms with Gasteiger partial charge in [0.1, 0.15) is 0 Å². The summed E-state index contributed by atoms with van der Waals surface area (Å²) in [7, 11) is 0. The average Bonchev–Trinajstić information content (AvgIpc) is 2.59. The smallest absolute Gasteiger partial charge is 0.188 e. The van der Waals surface area contributed by atoms with E-state index in [4.69, 9.17) is 0 Å². The quantitative estimate of drug-likeness (QED) is 0.394. The van der Waals surface area contributed by atoms with E-state index in [2.05, 4.69) is 23.4 Å². The molecule has 0 unspecified atom stereocenters. The molecule has 0 atom stereocenters. The number of hydrogen-bond donors (Lipinski definition) is 0. The van der Waals surface area contributed by atoms with Crippen molar-refractivity contribution in [3.05, 3.63) is 84.0 Å². The highest BCUT2D eigenvalue weighted by Crippen LogP contribution is 2.20. The van der Waals surface area contributed by atoms with E-state index >= 15 is 0 Å². The van der Waals surface area contributed by atoms with E-state index in [0.29, 0.717) is 33.6 Å². The number of carbonyl (C=O) groups is 2. The fourth-order valence-electron chi connectivity index (χ4n) is 1.97. The summed E-state index contributed by atoms with van der Waals surface area (Å²) < 4.78 is 0. The Morgan fingerprint density at radius 2 is 0.958 bits per heavy atom. The molecular weight excluding hydrogens is 300 g/mol. The molecule has 0 radical (unpaired) electrons. The van der Waals surface area contributed by atoms with Crippen molar-refractivity contribution in [2.75, 3.05) is 0 Å². The van der Waals surface area contributed by atoms with Gasteiger partial charge in [0.05, 0.1) is 11.4 Å². The van der Waals surface area contributed by atoms with E-state index in [1.54, 1.807) is 62.4 Å². The lowest BCUT2D eigenvalue weighted by atomic mass is 10.1. The third-order valence-corrected chi connectivity index (χ3v) is 3.32.